The molecule has 0 saturated carbocycles. The van der Waals surface area contributed by atoms with Crippen LogP contribution in [0.15, 0.2) is 29.8 Å². The molecule has 2 nitrogen and oxygen atoms in total. The van der Waals surface area contributed by atoms with Crippen LogP contribution in [0.2, 0.25) is 0 Å². The smallest absolute Gasteiger partial charge is 0.136 e. The van der Waals surface area contributed by atoms with Crippen LogP contribution < -0.4 is 4.74 Å². The first-order chi connectivity index (χ1) is 8.99. The molecule has 0 amide bonds. The van der Waals surface area contributed by atoms with E-state index in [1.165, 1.54) is 5.57 Å². The quantitative estimate of drug-likeness (QED) is 0.765. The van der Waals surface area contributed by atoms with Gasteiger partial charge in [-0.15, -0.1) is 8.86 Å². The van der Waals surface area contributed by atoms with Gasteiger partial charge in [-0.3, -0.25) is 0 Å². The second-order valence-electron chi connectivity index (χ2n) is 4.40. The molecule has 0 spiro atoms. The Hall–Kier alpha value is -1.58. The van der Waals surface area contributed by atoms with E-state index in [9.17, 15) is 0 Å². The number of benzene rings is 1. The molecule has 0 atom stereocenters. The zero-order chi connectivity index (χ0) is 14.8. The van der Waals surface area contributed by atoms with E-state index in [2.05, 4.69) is 28.8 Å². The molecule has 19 heavy (non-hydrogen) atoms. The van der Waals surface area contributed by atoms with Gasteiger partial charge < -0.3 is 4.74 Å². The standard InChI is InChI=1S/C9H9NO.C7H13P/c1-7-3-4-8(6-10)9(5-7)11-2;1-4-7(5-8)6(2)3/h3-5H,1-2H3;4-6,8H,1-3H3/b;7-4+. The Balaban J connectivity index is 0.000000362. The number of nitrogens with zero attached hydrogens (tertiary/aromatic N) is 1. The lowest BCUT2D eigenvalue weighted by Crippen LogP contribution is -1.91. The molecule has 1 rings (SSSR count). The van der Waals surface area contributed by atoms with Gasteiger partial charge in [0, 0.05) is 0 Å². The first kappa shape index (κ1) is 17.4. The van der Waals surface area contributed by atoms with E-state index < -0.39 is 0 Å². The number of rotatable bonds is 3. The van der Waals surface area contributed by atoms with E-state index in [1.54, 1.807) is 13.2 Å². The first-order valence-electron chi connectivity index (χ1n) is 6.21. The van der Waals surface area contributed by atoms with E-state index in [4.69, 9.17) is 10.00 Å². The Labute approximate surface area is 118 Å². The molecule has 102 valence electrons. The molecule has 0 aliphatic rings. The van der Waals surface area contributed by atoms with E-state index in [0.717, 1.165) is 5.56 Å². The monoisotopic (exact) mass is 275 g/mol. The minimum Gasteiger partial charge on any atom is -0.495 e. The number of hydrogen-bond acceptors (Lipinski definition) is 2. The molecule has 0 saturated heterocycles. The largest absolute Gasteiger partial charge is 0.495 e. The Bertz CT molecular complexity index is 484. The molecule has 0 unspecified atom stereocenters. The van der Waals surface area contributed by atoms with Crippen molar-refractivity contribution in [2.24, 2.45) is 5.92 Å². The van der Waals surface area contributed by atoms with Crippen molar-refractivity contribution in [2.75, 3.05) is 7.11 Å². The van der Waals surface area contributed by atoms with Gasteiger partial charge in [0.2, 0.25) is 0 Å². The summed E-state index contributed by atoms with van der Waals surface area (Å²) in [6, 6.07) is 7.54. The highest BCUT2D eigenvalue weighted by atomic mass is 31.0. The highest BCUT2D eigenvalue weighted by Gasteiger charge is 1.99. The maximum Gasteiger partial charge on any atom is 0.136 e. The molecule has 0 fully saturated rings. The van der Waals surface area contributed by atoms with Gasteiger partial charge in [0.05, 0.1) is 12.7 Å². The molecule has 0 aliphatic carbocycles. The summed E-state index contributed by atoms with van der Waals surface area (Å²) in [6.07, 6.45) is 2.11. The summed E-state index contributed by atoms with van der Waals surface area (Å²) in [7, 11) is 4.89. The Morgan fingerprint density at radius 2 is 2.05 bits per heavy atom. The lowest BCUT2D eigenvalue weighted by molar-refractivity contribution is 0.413. The average Bonchev–Trinajstić information content (AvgIpc) is 2.40. The van der Waals surface area contributed by atoms with Crippen molar-refractivity contribution < 1.29 is 4.74 Å². The normalized spacial score (nSPS) is 10.3. The second-order valence-corrected chi connectivity index (χ2v) is 4.69. The number of nitriles is 1. The van der Waals surface area contributed by atoms with Crippen molar-refractivity contribution >= 4 is 14.7 Å². The summed E-state index contributed by atoms with van der Waals surface area (Å²) < 4.78 is 4.99. The van der Waals surface area contributed by atoms with Gasteiger partial charge in [-0.25, -0.2) is 0 Å². The molecule has 0 N–H and O–H groups in total. The third kappa shape index (κ3) is 6.22. The van der Waals surface area contributed by atoms with Crippen LogP contribution >= 0.6 is 8.86 Å². The average molecular weight is 275 g/mol. The highest BCUT2D eigenvalue weighted by molar-refractivity contribution is 7.19. The van der Waals surface area contributed by atoms with Crippen LogP contribution in [0.1, 0.15) is 31.9 Å². The van der Waals surface area contributed by atoms with Crippen LogP contribution in [0.25, 0.3) is 0 Å². The van der Waals surface area contributed by atoms with Crippen molar-refractivity contribution in [3.8, 4) is 11.8 Å². The first-order valence-corrected chi connectivity index (χ1v) is 6.79. The predicted molar refractivity (Wildman–Crippen MR) is 85.4 cm³/mol. The summed E-state index contributed by atoms with van der Waals surface area (Å²) in [4.78, 5) is 0. The third-order valence-corrected chi connectivity index (χ3v) is 2.98. The van der Waals surface area contributed by atoms with Gasteiger partial charge >= 0.3 is 0 Å². The van der Waals surface area contributed by atoms with Crippen molar-refractivity contribution in [3.63, 3.8) is 0 Å². The molecule has 3 heteroatoms. The number of methoxy groups -OCH3 is 1. The molecule has 0 heterocycles. The lowest BCUT2D eigenvalue weighted by atomic mass is 10.1. The van der Waals surface area contributed by atoms with Crippen LogP contribution in [0.4, 0.5) is 0 Å². The maximum absolute atomic E-state index is 8.61. The molecule has 0 bridgehead atoms. The van der Waals surface area contributed by atoms with Crippen LogP contribution in [0.5, 0.6) is 5.75 Å². The Morgan fingerprint density at radius 1 is 1.42 bits per heavy atom. The van der Waals surface area contributed by atoms with E-state index in [-0.39, 0.29) is 0 Å². The number of hydrogen-bond donors (Lipinski definition) is 0. The molecule has 0 aromatic heterocycles. The maximum atomic E-state index is 8.61. The Morgan fingerprint density at radius 3 is 2.37 bits per heavy atom. The second kappa shape index (κ2) is 9.36. The molecular formula is C16H22NOP. The zero-order valence-electron chi connectivity index (χ0n) is 12.3. The SMILES string of the molecule is C/C=C(\C=P)C(C)C.COc1cc(C)ccc1C#N. The molecule has 1 aromatic rings. The van der Waals surface area contributed by atoms with Crippen molar-refractivity contribution in [1.82, 2.24) is 0 Å². The summed E-state index contributed by atoms with van der Waals surface area (Å²) in [5.74, 6) is 3.25. The summed E-state index contributed by atoms with van der Waals surface area (Å²) in [5.41, 5.74) is 3.03. The minimum absolute atomic E-state index is 0.582. The number of ether oxygens (including phenoxy) is 1. The van der Waals surface area contributed by atoms with E-state index >= 15 is 0 Å². The fourth-order valence-corrected chi connectivity index (χ4v) is 1.97. The minimum atomic E-state index is 0.582. The van der Waals surface area contributed by atoms with Gasteiger partial charge in [0.1, 0.15) is 11.8 Å². The van der Waals surface area contributed by atoms with Crippen LogP contribution in [-0.2, 0) is 0 Å². The molecular weight excluding hydrogens is 253 g/mol. The van der Waals surface area contributed by atoms with Crippen LogP contribution in [0.3, 0.4) is 0 Å². The number of allylic oxidation sites excluding steroid dienone is 2. The number of aryl methyl sites for hydroxylation is 1. The van der Waals surface area contributed by atoms with E-state index in [0.29, 0.717) is 17.2 Å². The summed E-state index contributed by atoms with van der Waals surface area (Å²) in [6.45, 7) is 8.35. The van der Waals surface area contributed by atoms with Crippen molar-refractivity contribution in [3.05, 3.63) is 41.0 Å². The lowest BCUT2D eigenvalue weighted by Gasteiger charge is -2.01. The van der Waals surface area contributed by atoms with Crippen molar-refractivity contribution in [1.29, 1.82) is 5.26 Å². The van der Waals surface area contributed by atoms with Crippen LogP contribution in [-0.4, -0.2) is 12.9 Å². The van der Waals surface area contributed by atoms with Gasteiger partial charge in [-0.05, 0) is 48.8 Å². The fraction of sp³-hybridized carbons (Fsp3) is 0.375. The molecule has 0 radical (unpaired) electrons. The third-order valence-electron chi connectivity index (χ3n) is 2.64. The van der Waals surface area contributed by atoms with Gasteiger partial charge in [0.15, 0.2) is 0 Å². The molecule has 0 aliphatic heterocycles. The van der Waals surface area contributed by atoms with Crippen LogP contribution in [0, 0.1) is 24.2 Å². The zero-order valence-corrected chi connectivity index (χ0v) is 13.3. The summed E-state index contributed by atoms with van der Waals surface area (Å²) >= 11 is 0. The summed E-state index contributed by atoms with van der Waals surface area (Å²) in [5, 5.41) is 8.61. The predicted octanol–water partition coefficient (Wildman–Crippen LogP) is 4.41. The fourth-order valence-electron chi connectivity index (χ4n) is 1.47. The van der Waals surface area contributed by atoms with Crippen molar-refractivity contribution in [2.45, 2.75) is 27.7 Å². The van der Waals surface area contributed by atoms with Gasteiger partial charge in [-0.2, -0.15) is 5.26 Å². The highest BCUT2D eigenvalue weighted by Crippen LogP contribution is 2.18. The topological polar surface area (TPSA) is 33.0 Å². The van der Waals surface area contributed by atoms with Gasteiger partial charge in [-0.1, -0.05) is 26.0 Å². The van der Waals surface area contributed by atoms with Gasteiger partial charge in [0.25, 0.3) is 0 Å². The molecule has 1 aromatic carbocycles. The van der Waals surface area contributed by atoms with E-state index in [1.807, 2.05) is 37.8 Å². The Kier molecular flexibility index (Phi) is 8.58.